The van der Waals surface area contributed by atoms with E-state index in [1.807, 2.05) is 6.92 Å². The Labute approximate surface area is 143 Å². The number of benzene rings is 1. The maximum Gasteiger partial charge on any atom is 0.349 e. The maximum atomic E-state index is 12.7. The third-order valence-corrected chi connectivity index (χ3v) is 4.62. The van der Waals surface area contributed by atoms with E-state index >= 15 is 0 Å². The number of hydrogen-bond acceptors (Lipinski definition) is 5. The van der Waals surface area contributed by atoms with Crippen molar-refractivity contribution in [1.29, 1.82) is 0 Å². The molecule has 2 aromatic rings. The number of piperazine rings is 1. The molecule has 2 bridgehead atoms. The first-order chi connectivity index (χ1) is 12.1. The standard InChI is InChI=1S/C18H18N2O5/c1-2-5-24-12-4-3-10-6-13(18(23)25-15(10)8-12)17(22)20-9-11-7-14(20)16(21)19-11/h3-4,6,8,11,14H,2,5,7,9H2,1H3,(H,19,21)/t11-,14-/m0/s1. The molecule has 1 N–H and O–H groups in total. The van der Waals surface area contributed by atoms with Gasteiger partial charge in [0, 0.05) is 24.0 Å². The summed E-state index contributed by atoms with van der Waals surface area (Å²) < 4.78 is 10.8. The summed E-state index contributed by atoms with van der Waals surface area (Å²) in [5, 5.41) is 3.45. The van der Waals surface area contributed by atoms with Crippen LogP contribution in [0.5, 0.6) is 5.75 Å². The van der Waals surface area contributed by atoms with Crippen molar-refractivity contribution < 1.29 is 18.7 Å². The lowest BCUT2D eigenvalue weighted by molar-refractivity contribution is -0.124. The molecule has 2 aliphatic rings. The van der Waals surface area contributed by atoms with Crippen molar-refractivity contribution >= 4 is 22.8 Å². The Morgan fingerprint density at radius 2 is 2.20 bits per heavy atom. The van der Waals surface area contributed by atoms with Gasteiger partial charge in [0.15, 0.2) is 0 Å². The van der Waals surface area contributed by atoms with Crippen molar-refractivity contribution in [3.63, 3.8) is 0 Å². The second kappa shape index (κ2) is 5.91. The summed E-state index contributed by atoms with van der Waals surface area (Å²) >= 11 is 0. The zero-order valence-corrected chi connectivity index (χ0v) is 13.8. The zero-order valence-electron chi connectivity index (χ0n) is 13.8. The topological polar surface area (TPSA) is 88.9 Å². The van der Waals surface area contributed by atoms with E-state index < -0.39 is 17.6 Å². The molecule has 0 saturated carbocycles. The molecule has 0 aliphatic carbocycles. The van der Waals surface area contributed by atoms with Crippen molar-refractivity contribution in [2.24, 2.45) is 0 Å². The molecule has 25 heavy (non-hydrogen) atoms. The van der Waals surface area contributed by atoms with Crippen molar-refractivity contribution in [2.75, 3.05) is 13.2 Å². The number of ether oxygens (including phenoxy) is 1. The second-order valence-corrected chi connectivity index (χ2v) is 6.41. The van der Waals surface area contributed by atoms with Gasteiger partial charge in [-0.1, -0.05) is 6.92 Å². The van der Waals surface area contributed by atoms with Gasteiger partial charge in [0.2, 0.25) is 5.91 Å². The summed E-state index contributed by atoms with van der Waals surface area (Å²) in [4.78, 5) is 38.2. The quantitative estimate of drug-likeness (QED) is 0.846. The van der Waals surface area contributed by atoms with E-state index in [9.17, 15) is 14.4 Å². The highest BCUT2D eigenvalue weighted by Gasteiger charge is 2.46. The third kappa shape index (κ3) is 2.65. The van der Waals surface area contributed by atoms with Crippen LogP contribution in [0.2, 0.25) is 0 Å². The van der Waals surface area contributed by atoms with Gasteiger partial charge in [-0.05, 0) is 31.0 Å². The molecule has 7 heteroatoms. The molecule has 130 valence electrons. The second-order valence-electron chi connectivity index (χ2n) is 6.41. The number of carbonyl (C=O) groups excluding carboxylic acids is 2. The minimum absolute atomic E-state index is 0.0211. The molecule has 1 aromatic carbocycles. The zero-order chi connectivity index (χ0) is 17.6. The van der Waals surface area contributed by atoms with E-state index in [-0.39, 0.29) is 17.5 Å². The molecule has 0 spiro atoms. The Bertz CT molecular complexity index is 919. The summed E-state index contributed by atoms with van der Waals surface area (Å²) in [6, 6.07) is 6.19. The normalized spacial score (nSPS) is 21.6. The van der Waals surface area contributed by atoms with E-state index in [2.05, 4.69) is 5.32 Å². The number of nitrogens with one attached hydrogen (secondary N) is 1. The molecular weight excluding hydrogens is 324 g/mol. The number of likely N-dealkylation sites (tertiary alicyclic amines) is 1. The summed E-state index contributed by atoms with van der Waals surface area (Å²) in [5.74, 6) is 0.00176. The van der Waals surface area contributed by atoms with Crippen LogP contribution < -0.4 is 15.7 Å². The Balaban J connectivity index is 1.66. The van der Waals surface area contributed by atoms with Crippen LogP contribution in [0.3, 0.4) is 0 Å². The predicted molar refractivity (Wildman–Crippen MR) is 89.6 cm³/mol. The van der Waals surface area contributed by atoms with Crippen molar-refractivity contribution in [2.45, 2.75) is 31.8 Å². The van der Waals surface area contributed by atoms with E-state index in [0.29, 0.717) is 36.3 Å². The Hall–Kier alpha value is -2.83. The number of carbonyl (C=O) groups is 2. The average Bonchev–Trinajstić information content (AvgIpc) is 3.18. The molecule has 2 fully saturated rings. The fourth-order valence-corrected chi connectivity index (χ4v) is 3.42. The number of amides is 2. The van der Waals surface area contributed by atoms with E-state index in [1.165, 1.54) is 11.0 Å². The van der Waals surface area contributed by atoms with Crippen LogP contribution in [0.15, 0.2) is 33.5 Å². The van der Waals surface area contributed by atoms with Gasteiger partial charge in [-0.3, -0.25) is 9.59 Å². The lowest BCUT2D eigenvalue weighted by atomic mass is 10.1. The van der Waals surface area contributed by atoms with Gasteiger partial charge in [-0.15, -0.1) is 0 Å². The molecular formula is C18H18N2O5. The van der Waals surface area contributed by atoms with E-state index in [0.717, 1.165) is 6.42 Å². The Morgan fingerprint density at radius 3 is 2.92 bits per heavy atom. The Kier molecular flexibility index (Phi) is 3.71. The van der Waals surface area contributed by atoms with Gasteiger partial charge in [-0.25, -0.2) is 4.79 Å². The SMILES string of the molecule is CCCOc1ccc2cc(C(=O)N3C[C@@H]4C[C@H]3C(=O)N4)c(=O)oc2c1. The van der Waals surface area contributed by atoms with Crippen molar-refractivity contribution in [3.05, 3.63) is 40.2 Å². The summed E-state index contributed by atoms with van der Waals surface area (Å²) in [7, 11) is 0. The van der Waals surface area contributed by atoms with Gasteiger partial charge in [0.05, 0.1) is 6.61 Å². The molecule has 4 rings (SSSR count). The number of fused-ring (bicyclic) bond motifs is 3. The van der Waals surface area contributed by atoms with E-state index in [1.54, 1.807) is 18.2 Å². The highest BCUT2D eigenvalue weighted by Crippen LogP contribution is 2.27. The highest BCUT2D eigenvalue weighted by molar-refractivity contribution is 6.00. The molecule has 0 radical (unpaired) electrons. The molecule has 2 aliphatic heterocycles. The van der Waals surface area contributed by atoms with Crippen molar-refractivity contribution in [3.8, 4) is 5.75 Å². The van der Waals surface area contributed by atoms with Crippen LogP contribution in [0.25, 0.3) is 11.0 Å². The van der Waals surface area contributed by atoms with Crippen LogP contribution in [0.1, 0.15) is 30.1 Å². The monoisotopic (exact) mass is 342 g/mol. The number of rotatable bonds is 4. The van der Waals surface area contributed by atoms with Gasteiger partial charge >= 0.3 is 5.63 Å². The maximum absolute atomic E-state index is 12.7. The first kappa shape index (κ1) is 15.7. The smallest absolute Gasteiger partial charge is 0.349 e. The Morgan fingerprint density at radius 1 is 1.36 bits per heavy atom. The molecule has 2 atom stereocenters. The van der Waals surface area contributed by atoms with Crippen LogP contribution in [0, 0.1) is 0 Å². The molecule has 1 aromatic heterocycles. The average molecular weight is 342 g/mol. The van der Waals surface area contributed by atoms with Crippen LogP contribution in [0.4, 0.5) is 0 Å². The highest BCUT2D eigenvalue weighted by atomic mass is 16.5. The van der Waals surface area contributed by atoms with Crippen molar-refractivity contribution in [1.82, 2.24) is 10.2 Å². The van der Waals surface area contributed by atoms with E-state index in [4.69, 9.17) is 9.15 Å². The minimum atomic E-state index is -0.701. The molecule has 7 nitrogen and oxygen atoms in total. The lowest BCUT2D eigenvalue weighted by Crippen LogP contribution is -2.50. The number of nitrogens with zero attached hydrogens (tertiary/aromatic N) is 1. The number of hydrogen-bond donors (Lipinski definition) is 1. The third-order valence-electron chi connectivity index (χ3n) is 4.62. The minimum Gasteiger partial charge on any atom is -0.493 e. The van der Waals surface area contributed by atoms with Crippen LogP contribution in [-0.4, -0.2) is 41.9 Å². The molecule has 2 saturated heterocycles. The van der Waals surface area contributed by atoms with Gasteiger partial charge in [0.1, 0.15) is 22.9 Å². The fraction of sp³-hybridized carbons (Fsp3) is 0.389. The van der Waals surface area contributed by atoms with Crippen LogP contribution in [-0.2, 0) is 4.79 Å². The predicted octanol–water partition coefficient (Wildman–Crippen LogP) is 1.29. The van der Waals surface area contributed by atoms with Gasteiger partial charge in [-0.2, -0.15) is 0 Å². The largest absolute Gasteiger partial charge is 0.493 e. The molecule has 0 unspecified atom stereocenters. The first-order valence-electron chi connectivity index (χ1n) is 8.39. The fourth-order valence-electron chi connectivity index (χ4n) is 3.42. The van der Waals surface area contributed by atoms with Gasteiger partial charge < -0.3 is 19.4 Å². The molecule has 2 amide bonds. The first-order valence-corrected chi connectivity index (χ1v) is 8.39. The van der Waals surface area contributed by atoms with Gasteiger partial charge in [0.25, 0.3) is 5.91 Å². The summed E-state index contributed by atoms with van der Waals surface area (Å²) in [5.41, 5.74) is -0.376. The summed E-state index contributed by atoms with van der Waals surface area (Å²) in [6.45, 7) is 3.01. The lowest BCUT2D eigenvalue weighted by Gasteiger charge is -2.26. The molecule has 3 heterocycles. The summed E-state index contributed by atoms with van der Waals surface area (Å²) in [6.07, 6.45) is 1.47. The van der Waals surface area contributed by atoms with Crippen LogP contribution >= 0.6 is 0 Å².